The summed E-state index contributed by atoms with van der Waals surface area (Å²) in [4.78, 5) is 17.9. The third-order valence-electron chi connectivity index (χ3n) is 2.51. The summed E-state index contributed by atoms with van der Waals surface area (Å²) in [6.45, 7) is 0. The molecule has 0 atom stereocenters. The van der Waals surface area contributed by atoms with E-state index >= 15 is 0 Å². The highest BCUT2D eigenvalue weighted by molar-refractivity contribution is 9.10. The fourth-order valence-corrected chi connectivity index (χ4v) is 2.20. The predicted molar refractivity (Wildman–Crippen MR) is 76.4 cm³/mol. The van der Waals surface area contributed by atoms with Gasteiger partial charge in [-0.2, -0.15) is 13.2 Å². The van der Waals surface area contributed by atoms with Crippen LogP contribution in [0, 0.1) is 0 Å². The number of anilines is 2. The van der Waals surface area contributed by atoms with Gasteiger partial charge in [0.15, 0.2) is 0 Å². The lowest BCUT2D eigenvalue weighted by atomic mass is 10.2. The second kappa shape index (κ2) is 6.09. The van der Waals surface area contributed by atoms with Gasteiger partial charge in [0.25, 0.3) is 0 Å². The van der Waals surface area contributed by atoms with Crippen LogP contribution in [0.1, 0.15) is 15.9 Å². The van der Waals surface area contributed by atoms with Crippen molar-refractivity contribution in [1.29, 1.82) is 0 Å². The largest absolute Gasteiger partial charge is 0.478 e. The lowest BCUT2D eigenvalue weighted by molar-refractivity contribution is -0.137. The molecule has 0 saturated heterocycles. The first-order chi connectivity index (χ1) is 10.2. The number of carboxylic acid groups (broad SMARTS) is 1. The zero-order valence-electron chi connectivity index (χ0n) is 10.4. The molecule has 0 aliphatic rings. The van der Waals surface area contributed by atoms with Gasteiger partial charge in [-0.05, 0) is 34.1 Å². The van der Waals surface area contributed by atoms with E-state index in [0.29, 0.717) is 16.4 Å². The van der Waals surface area contributed by atoms with E-state index in [0.717, 1.165) is 0 Å². The van der Waals surface area contributed by atoms with Gasteiger partial charge in [-0.25, -0.2) is 14.8 Å². The molecule has 10 heteroatoms. The first-order valence-corrected chi connectivity index (χ1v) is 6.75. The molecular formula is C12H6BrClF3N3O2. The molecule has 2 rings (SSSR count). The van der Waals surface area contributed by atoms with Gasteiger partial charge in [0.2, 0.25) is 5.95 Å². The maximum absolute atomic E-state index is 12.5. The van der Waals surface area contributed by atoms with Crippen LogP contribution in [0.5, 0.6) is 0 Å². The van der Waals surface area contributed by atoms with Crippen LogP contribution >= 0.6 is 27.5 Å². The van der Waals surface area contributed by atoms with Crippen molar-refractivity contribution in [2.24, 2.45) is 0 Å². The number of halogens is 5. The molecule has 0 radical (unpaired) electrons. The predicted octanol–water partition coefficient (Wildman–Crippen LogP) is 4.35. The van der Waals surface area contributed by atoms with E-state index in [-0.39, 0.29) is 11.5 Å². The molecule has 0 fully saturated rings. The standard InChI is InChI=1S/C12H6BrClF3N3O2/c13-7-3-5(10(21)22)1-2-8(7)19-11-18-4-6(9(14)20-11)12(15,16)17/h1-4H,(H,21,22)(H,18,19,20). The molecule has 0 aliphatic heterocycles. The number of aromatic carboxylic acids is 1. The summed E-state index contributed by atoms with van der Waals surface area (Å²) in [5, 5.41) is 10.8. The van der Waals surface area contributed by atoms with Gasteiger partial charge in [-0.15, -0.1) is 0 Å². The number of nitrogens with one attached hydrogen (secondary N) is 1. The van der Waals surface area contributed by atoms with Crippen molar-refractivity contribution in [3.63, 3.8) is 0 Å². The lowest BCUT2D eigenvalue weighted by Gasteiger charge is -2.11. The van der Waals surface area contributed by atoms with Crippen molar-refractivity contribution in [1.82, 2.24) is 9.97 Å². The normalized spacial score (nSPS) is 11.3. The highest BCUT2D eigenvalue weighted by atomic mass is 79.9. The van der Waals surface area contributed by atoms with E-state index in [4.69, 9.17) is 16.7 Å². The zero-order valence-corrected chi connectivity index (χ0v) is 12.8. The van der Waals surface area contributed by atoms with Crippen molar-refractivity contribution >= 4 is 45.1 Å². The smallest absolute Gasteiger partial charge is 0.420 e. The van der Waals surface area contributed by atoms with Gasteiger partial charge in [0.1, 0.15) is 10.7 Å². The Balaban J connectivity index is 2.28. The number of aromatic nitrogens is 2. The third-order valence-corrected chi connectivity index (χ3v) is 3.45. The molecule has 0 amide bonds. The Bertz CT molecular complexity index is 740. The van der Waals surface area contributed by atoms with E-state index in [1.165, 1.54) is 18.2 Å². The number of hydrogen-bond acceptors (Lipinski definition) is 4. The SMILES string of the molecule is O=C(O)c1ccc(Nc2ncc(C(F)(F)F)c(Cl)n2)c(Br)c1. The maximum atomic E-state index is 12.5. The Morgan fingerprint density at radius 2 is 2.05 bits per heavy atom. The second-order valence-electron chi connectivity index (χ2n) is 4.02. The first kappa shape index (κ1) is 16.5. The first-order valence-electron chi connectivity index (χ1n) is 5.58. The van der Waals surface area contributed by atoms with E-state index in [2.05, 4.69) is 31.2 Å². The van der Waals surface area contributed by atoms with Crippen LogP contribution in [0.15, 0.2) is 28.9 Å². The topological polar surface area (TPSA) is 75.1 Å². The number of nitrogens with zero attached hydrogens (tertiary/aromatic N) is 2. The van der Waals surface area contributed by atoms with Crippen LogP contribution in [0.2, 0.25) is 5.15 Å². The molecule has 0 spiro atoms. The monoisotopic (exact) mass is 395 g/mol. The second-order valence-corrected chi connectivity index (χ2v) is 5.23. The number of benzene rings is 1. The van der Waals surface area contributed by atoms with Crippen molar-refractivity contribution in [3.05, 3.63) is 45.1 Å². The van der Waals surface area contributed by atoms with Gasteiger partial charge >= 0.3 is 12.1 Å². The third kappa shape index (κ3) is 3.66. The van der Waals surface area contributed by atoms with E-state index in [1.54, 1.807) is 0 Å². The van der Waals surface area contributed by atoms with Gasteiger partial charge in [0.05, 0.1) is 11.3 Å². The molecule has 1 aromatic heterocycles. The summed E-state index contributed by atoms with van der Waals surface area (Å²) in [7, 11) is 0. The summed E-state index contributed by atoms with van der Waals surface area (Å²) < 4.78 is 38.0. The summed E-state index contributed by atoms with van der Waals surface area (Å²) in [6, 6.07) is 4.07. The summed E-state index contributed by atoms with van der Waals surface area (Å²) in [5.74, 6) is -1.26. The lowest BCUT2D eigenvalue weighted by Crippen LogP contribution is -2.09. The molecule has 22 heavy (non-hydrogen) atoms. The van der Waals surface area contributed by atoms with Gasteiger partial charge in [0, 0.05) is 10.7 Å². The Kier molecular flexibility index (Phi) is 4.57. The highest BCUT2D eigenvalue weighted by Crippen LogP contribution is 2.34. The number of hydrogen-bond donors (Lipinski definition) is 2. The van der Waals surface area contributed by atoms with Crippen LogP contribution in [0.3, 0.4) is 0 Å². The summed E-state index contributed by atoms with van der Waals surface area (Å²) in [6.07, 6.45) is -4.07. The molecule has 2 aromatic rings. The molecule has 0 aliphatic carbocycles. The summed E-state index contributed by atoms with van der Waals surface area (Å²) in [5.41, 5.74) is -0.718. The zero-order chi connectivity index (χ0) is 16.5. The van der Waals surface area contributed by atoms with Crippen molar-refractivity contribution in [2.75, 3.05) is 5.32 Å². The van der Waals surface area contributed by atoms with Crippen molar-refractivity contribution in [2.45, 2.75) is 6.18 Å². The van der Waals surface area contributed by atoms with Gasteiger partial charge in [-0.1, -0.05) is 11.6 Å². The highest BCUT2D eigenvalue weighted by Gasteiger charge is 2.34. The average Bonchev–Trinajstić information content (AvgIpc) is 2.39. The number of carbonyl (C=O) groups is 1. The Morgan fingerprint density at radius 3 is 2.55 bits per heavy atom. The minimum absolute atomic E-state index is 0.0452. The minimum Gasteiger partial charge on any atom is -0.478 e. The molecule has 1 aromatic carbocycles. The average molecular weight is 397 g/mol. The Hall–Kier alpha value is -1.87. The van der Waals surface area contributed by atoms with E-state index in [9.17, 15) is 18.0 Å². The van der Waals surface area contributed by atoms with Crippen LogP contribution in [0.25, 0.3) is 0 Å². The molecule has 0 unspecified atom stereocenters. The van der Waals surface area contributed by atoms with Gasteiger partial charge < -0.3 is 10.4 Å². The molecular weight excluding hydrogens is 391 g/mol. The fraction of sp³-hybridized carbons (Fsp3) is 0.0833. The molecule has 0 saturated carbocycles. The molecule has 116 valence electrons. The van der Waals surface area contributed by atoms with Crippen LogP contribution in [-0.2, 0) is 6.18 Å². The Labute approximate surface area is 135 Å². The number of carboxylic acids is 1. The van der Waals surface area contributed by atoms with Crippen LogP contribution in [0.4, 0.5) is 24.8 Å². The van der Waals surface area contributed by atoms with E-state index < -0.39 is 22.9 Å². The number of alkyl halides is 3. The maximum Gasteiger partial charge on any atom is 0.420 e. The summed E-state index contributed by atoms with van der Waals surface area (Å²) >= 11 is 8.63. The quantitative estimate of drug-likeness (QED) is 0.754. The number of rotatable bonds is 3. The molecule has 2 N–H and O–H groups in total. The van der Waals surface area contributed by atoms with Crippen molar-refractivity contribution < 1.29 is 23.1 Å². The van der Waals surface area contributed by atoms with Crippen LogP contribution in [-0.4, -0.2) is 21.0 Å². The van der Waals surface area contributed by atoms with Crippen LogP contribution < -0.4 is 5.32 Å². The van der Waals surface area contributed by atoms with E-state index in [1.807, 2.05) is 0 Å². The fourth-order valence-electron chi connectivity index (χ4n) is 1.48. The Morgan fingerprint density at radius 1 is 1.36 bits per heavy atom. The molecule has 1 heterocycles. The van der Waals surface area contributed by atoms with Gasteiger partial charge in [-0.3, -0.25) is 0 Å². The molecule has 5 nitrogen and oxygen atoms in total. The minimum atomic E-state index is -4.64. The van der Waals surface area contributed by atoms with Crippen molar-refractivity contribution in [3.8, 4) is 0 Å². The molecule has 0 bridgehead atoms.